The summed E-state index contributed by atoms with van der Waals surface area (Å²) in [6.45, 7) is 6.91. The summed E-state index contributed by atoms with van der Waals surface area (Å²) in [6.07, 6.45) is 3.36. The van der Waals surface area contributed by atoms with Crippen molar-refractivity contribution in [2.24, 2.45) is 0 Å². The van der Waals surface area contributed by atoms with Crippen LogP contribution in [-0.2, 0) is 14.3 Å². The van der Waals surface area contributed by atoms with E-state index in [1.807, 2.05) is 20.8 Å². The minimum Gasteiger partial charge on any atom is -0.462 e. The Kier molecular flexibility index (Phi) is 7.54. The molecular weight excluding hydrogens is 220 g/mol. The Hall–Kier alpha value is -1.10. The fourth-order valence-corrected chi connectivity index (χ4v) is 1.39. The molecule has 1 aliphatic heterocycles. The summed E-state index contributed by atoms with van der Waals surface area (Å²) in [4.78, 5) is 20.6. The maximum atomic E-state index is 11.0. The molecule has 1 unspecified atom stereocenters. The largest absolute Gasteiger partial charge is 0.462 e. The van der Waals surface area contributed by atoms with Crippen LogP contribution in [0.2, 0.25) is 0 Å². The smallest absolute Gasteiger partial charge is 0.293 e. The highest BCUT2D eigenvalue weighted by Gasteiger charge is 2.18. The molecule has 1 fully saturated rings. The van der Waals surface area contributed by atoms with Crippen molar-refractivity contribution in [1.82, 2.24) is 10.6 Å². The van der Waals surface area contributed by atoms with Crippen LogP contribution in [0.5, 0.6) is 0 Å². The highest BCUT2D eigenvalue weighted by atomic mass is 16.5. The van der Waals surface area contributed by atoms with E-state index < -0.39 is 0 Å². The van der Waals surface area contributed by atoms with Crippen molar-refractivity contribution in [3.63, 3.8) is 0 Å². The van der Waals surface area contributed by atoms with Crippen LogP contribution in [0, 0.1) is 0 Å². The van der Waals surface area contributed by atoms with E-state index in [1.54, 1.807) is 7.05 Å². The molecule has 1 saturated heterocycles. The third-order valence-corrected chi connectivity index (χ3v) is 2.27. The predicted molar refractivity (Wildman–Crippen MR) is 66.6 cm³/mol. The number of hydrogen-bond acceptors (Lipinski definition) is 4. The quantitative estimate of drug-likeness (QED) is 0.706. The number of ether oxygens (including phenoxy) is 1. The molecule has 1 amide bonds. The van der Waals surface area contributed by atoms with Gasteiger partial charge in [0.15, 0.2) is 0 Å². The van der Waals surface area contributed by atoms with Crippen LogP contribution < -0.4 is 10.6 Å². The average molecular weight is 244 g/mol. The average Bonchev–Trinajstić information content (AvgIpc) is 2.28. The van der Waals surface area contributed by atoms with Crippen molar-refractivity contribution in [2.75, 3.05) is 13.6 Å². The number of carbonyl (C=O) groups excluding carboxylic acids is 2. The highest BCUT2D eigenvalue weighted by Crippen LogP contribution is 2.06. The fraction of sp³-hybridized carbons (Fsp3) is 0.833. The zero-order chi connectivity index (χ0) is 13.3. The summed E-state index contributed by atoms with van der Waals surface area (Å²) < 4.78 is 4.55. The van der Waals surface area contributed by atoms with E-state index in [-0.39, 0.29) is 17.6 Å². The van der Waals surface area contributed by atoms with Gasteiger partial charge in [-0.05, 0) is 40.2 Å². The Morgan fingerprint density at radius 1 is 1.41 bits per heavy atom. The van der Waals surface area contributed by atoms with Crippen LogP contribution in [0.15, 0.2) is 0 Å². The molecule has 2 N–H and O–H groups in total. The van der Waals surface area contributed by atoms with Gasteiger partial charge in [-0.3, -0.25) is 9.59 Å². The molecule has 0 bridgehead atoms. The van der Waals surface area contributed by atoms with Gasteiger partial charge in [-0.25, -0.2) is 0 Å². The normalized spacial score (nSPS) is 19.6. The molecule has 1 atom stereocenters. The van der Waals surface area contributed by atoms with Crippen LogP contribution in [0.4, 0.5) is 0 Å². The molecule has 1 heterocycles. The van der Waals surface area contributed by atoms with E-state index in [1.165, 1.54) is 12.8 Å². The summed E-state index contributed by atoms with van der Waals surface area (Å²) in [5.41, 5.74) is -0.318. The molecule has 0 aliphatic carbocycles. The van der Waals surface area contributed by atoms with Gasteiger partial charge in [0.2, 0.25) is 5.91 Å². The van der Waals surface area contributed by atoms with Crippen molar-refractivity contribution in [3.05, 3.63) is 0 Å². The molecule has 0 saturated carbocycles. The molecule has 100 valence electrons. The molecule has 1 aliphatic rings. The van der Waals surface area contributed by atoms with E-state index in [0.717, 1.165) is 13.0 Å². The zero-order valence-corrected chi connectivity index (χ0v) is 11.2. The summed E-state index contributed by atoms with van der Waals surface area (Å²) in [5, 5.41) is 5.79. The van der Waals surface area contributed by atoms with Crippen LogP contribution in [0.3, 0.4) is 0 Å². The van der Waals surface area contributed by atoms with Gasteiger partial charge >= 0.3 is 0 Å². The van der Waals surface area contributed by atoms with Crippen molar-refractivity contribution in [1.29, 1.82) is 0 Å². The number of hydrogen-bond donors (Lipinski definition) is 2. The lowest BCUT2D eigenvalue weighted by Crippen LogP contribution is -2.45. The minimum atomic E-state index is -0.318. The Morgan fingerprint density at radius 2 is 2.06 bits per heavy atom. The number of amides is 1. The van der Waals surface area contributed by atoms with E-state index in [2.05, 4.69) is 15.4 Å². The standard InChI is InChI=1S/C7H14N2O.C5H10O2/c1-8-7(10)6-4-2-3-5-9-6;1-5(2,3)7-4-6/h6,9H,2-5H2,1H3,(H,8,10);4H,1-3H3. The van der Waals surface area contributed by atoms with Gasteiger partial charge in [-0.1, -0.05) is 6.42 Å². The van der Waals surface area contributed by atoms with Crippen LogP contribution in [0.25, 0.3) is 0 Å². The van der Waals surface area contributed by atoms with Crippen molar-refractivity contribution in [3.8, 4) is 0 Å². The first-order chi connectivity index (χ1) is 7.90. The van der Waals surface area contributed by atoms with Crippen LogP contribution >= 0.6 is 0 Å². The van der Waals surface area contributed by atoms with Gasteiger partial charge in [0.1, 0.15) is 5.60 Å². The third kappa shape index (κ3) is 8.68. The van der Waals surface area contributed by atoms with Crippen LogP contribution in [0.1, 0.15) is 40.0 Å². The lowest BCUT2D eigenvalue weighted by atomic mass is 10.0. The SMILES string of the molecule is CC(C)(C)OC=O.CNC(=O)C1CCCCN1. The Bertz CT molecular complexity index is 230. The topological polar surface area (TPSA) is 67.4 Å². The second kappa shape index (κ2) is 8.06. The van der Waals surface area contributed by atoms with E-state index in [4.69, 9.17) is 0 Å². The Balaban J connectivity index is 0.000000325. The second-order valence-corrected chi connectivity index (χ2v) is 4.94. The molecule has 0 aromatic heterocycles. The molecule has 0 spiro atoms. The van der Waals surface area contributed by atoms with Gasteiger partial charge in [0.05, 0.1) is 6.04 Å². The third-order valence-electron chi connectivity index (χ3n) is 2.27. The molecule has 0 aromatic rings. The first-order valence-corrected chi connectivity index (χ1v) is 5.97. The Morgan fingerprint density at radius 3 is 2.35 bits per heavy atom. The lowest BCUT2D eigenvalue weighted by molar-refractivity contribution is -0.138. The number of piperidine rings is 1. The highest BCUT2D eigenvalue weighted by molar-refractivity contribution is 5.81. The maximum absolute atomic E-state index is 11.0. The first-order valence-electron chi connectivity index (χ1n) is 5.97. The Labute approximate surface area is 103 Å². The minimum absolute atomic E-state index is 0.0683. The molecular formula is C12H24N2O3. The van der Waals surface area contributed by atoms with Gasteiger partial charge in [0, 0.05) is 7.05 Å². The number of nitrogens with one attached hydrogen (secondary N) is 2. The van der Waals surface area contributed by atoms with Crippen molar-refractivity contribution >= 4 is 12.4 Å². The fourth-order valence-electron chi connectivity index (χ4n) is 1.39. The molecule has 0 radical (unpaired) electrons. The predicted octanol–water partition coefficient (Wildman–Crippen LogP) is 0.832. The zero-order valence-electron chi connectivity index (χ0n) is 11.2. The molecule has 5 heteroatoms. The van der Waals surface area contributed by atoms with Crippen LogP contribution in [-0.4, -0.2) is 37.6 Å². The van der Waals surface area contributed by atoms with E-state index in [9.17, 15) is 9.59 Å². The molecule has 0 aromatic carbocycles. The summed E-state index contributed by atoms with van der Waals surface area (Å²) in [6, 6.07) is 0.0683. The molecule has 17 heavy (non-hydrogen) atoms. The van der Waals surface area contributed by atoms with E-state index >= 15 is 0 Å². The summed E-state index contributed by atoms with van der Waals surface area (Å²) in [5.74, 6) is 0.125. The summed E-state index contributed by atoms with van der Waals surface area (Å²) >= 11 is 0. The van der Waals surface area contributed by atoms with Gasteiger partial charge < -0.3 is 15.4 Å². The summed E-state index contributed by atoms with van der Waals surface area (Å²) in [7, 11) is 1.68. The lowest BCUT2D eigenvalue weighted by Gasteiger charge is -2.21. The maximum Gasteiger partial charge on any atom is 0.293 e. The van der Waals surface area contributed by atoms with Gasteiger partial charge in [0.25, 0.3) is 6.47 Å². The molecule has 5 nitrogen and oxygen atoms in total. The number of likely N-dealkylation sites (N-methyl/N-ethyl adjacent to an activating group) is 1. The number of rotatable bonds is 2. The van der Waals surface area contributed by atoms with E-state index in [0.29, 0.717) is 6.47 Å². The van der Waals surface area contributed by atoms with Crippen molar-refractivity contribution < 1.29 is 14.3 Å². The van der Waals surface area contributed by atoms with Gasteiger partial charge in [-0.2, -0.15) is 0 Å². The number of carbonyl (C=O) groups is 2. The first kappa shape index (κ1) is 15.9. The monoisotopic (exact) mass is 244 g/mol. The van der Waals surface area contributed by atoms with Gasteiger partial charge in [-0.15, -0.1) is 0 Å². The van der Waals surface area contributed by atoms with Crippen molar-refractivity contribution in [2.45, 2.75) is 51.7 Å². The molecule has 1 rings (SSSR count). The second-order valence-electron chi connectivity index (χ2n) is 4.94.